The molecule has 146 valence electrons. The summed E-state index contributed by atoms with van der Waals surface area (Å²) in [5.41, 5.74) is -0.489. The van der Waals surface area contributed by atoms with Gasteiger partial charge in [0.05, 0.1) is 5.56 Å². The van der Waals surface area contributed by atoms with Crippen LogP contribution in [0.2, 0.25) is 0 Å². The summed E-state index contributed by atoms with van der Waals surface area (Å²) < 4.78 is 10.3. The van der Waals surface area contributed by atoms with E-state index in [9.17, 15) is 19.8 Å². The van der Waals surface area contributed by atoms with Crippen molar-refractivity contribution in [3.63, 3.8) is 0 Å². The first kappa shape index (κ1) is 21.9. The van der Waals surface area contributed by atoms with Gasteiger partial charge in [0.2, 0.25) is 0 Å². The number of esters is 1. The van der Waals surface area contributed by atoms with Gasteiger partial charge >= 0.3 is 12.1 Å². The van der Waals surface area contributed by atoms with Crippen molar-refractivity contribution in [2.45, 2.75) is 65.0 Å². The molecular formula is C19H29NO6. The number of ether oxygens (including phenoxy) is 2. The number of nitrogens with one attached hydrogen (secondary N) is 1. The van der Waals surface area contributed by atoms with Crippen LogP contribution >= 0.6 is 0 Å². The standard InChI is InChI=1S/C19H29NO6/c1-18(2,3)25-16(23)13-9-7-12(8-10-13)15(22)14(21)11-20-17(24)26-19(4,5)6/h7-10,14-15,21-22H,11H2,1-6H3,(H,20,24). The van der Waals surface area contributed by atoms with Gasteiger partial charge in [-0.3, -0.25) is 0 Å². The maximum absolute atomic E-state index is 12.0. The van der Waals surface area contributed by atoms with Gasteiger partial charge in [-0.2, -0.15) is 0 Å². The average Bonchev–Trinajstić information content (AvgIpc) is 2.48. The molecule has 0 aromatic heterocycles. The molecule has 1 aromatic rings. The van der Waals surface area contributed by atoms with E-state index in [1.54, 1.807) is 41.5 Å². The lowest BCUT2D eigenvalue weighted by molar-refractivity contribution is 0.00664. The van der Waals surface area contributed by atoms with Crippen LogP contribution in [-0.2, 0) is 9.47 Å². The van der Waals surface area contributed by atoms with E-state index in [0.29, 0.717) is 11.1 Å². The highest BCUT2D eigenvalue weighted by Gasteiger charge is 2.22. The first-order chi connectivity index (χ1) is 11.8. The van der Waals surface area contributed by atoms with Crippen LogP contribution in [0.15, 0.2) is 24.3 Å². The lowest BCUT2D eigenvalue weighted by atomic mass is 10.0. The summed E-state index contributed by atoms with van der Waals surface area (Å²) in [6, 6.07) is 6.09. The smallest absolute Gasteiger partial charge is 0.407 e. The van der Waals surface area contributed by atoms with Crippen LogP contribution in [0.5, 0.6) is 0 Å². The molecule has 0 aliphatic heterocycles. The molecule has 1 aromatic carbocycles. The number of aliphatic hydroxyl groups is 2. The number of aliphatic hydroxyl groups excluding tert-OH is 2. The van der Waals surface area contributed by atoms with Crippen LogP contribution in [0.25, 0.3) is 0 Å². The minimum atomic E-state index is -1.23. The topological polar surface area (TPSA) is 105 Å². The third kappa shape index (κ3) is 7.84. The Morgan fingerprint density at radius 3 is 1.92 bits per heavy atom. The molecule has 1 amide bonds. The van der Waals surface area contributed by atoms with Crippen molar-refractivity contribution in [3.05, 3.63) is 35.4 Å². The van der Waals surface area contributed by atoms with Gasteiger partial charge in [-0.1, -0.05) is 12.1 Å². The molecule has 26 heavy (non-hydrogen) atoms. The number of benzene rings is 1. The average molecular weight is 367 g/mol. The zero-order valence-corrected chi connectivity index (χ0v) is 16.2. The maximum atomic E-state index is 12.0. The monoisotopic (exact) mass is 367 g/mol. The third-order valence-corrected chi connectivity index (χ3v) is 3.11. The molecule has 0 aliphatic carbocycles. The lowest BCUT2D eigenvalue weighted by Crippen LogP contribution is -2.38. The van der Waals surface area contributed by atoms with Crippen molar-refractivity contribution in [2.24, 2.45) is 0 Å². The second kappa shape index (κ2) is 8.51. The van der Waals surface area contributed by atoms with E-state index in [0.717, 1.165) is 0 Å². The van der Waals surface area contributed by atoms with Crippen molar-refractivity contribution in [3.8, 4) is 0 Å². The Hall–Kier alpha value is -2.12. The fraction of sp³-hybridized carbons (Fsp3) is 0.579. The predicted octanol–water partition coefficient (Wildman–Crippen LogP) is 2.56. The Bertz CT molecular complexity index is 612. The van der Waals surface area contributed by atoms with E-state index in [1.165, 1.54) is 24.3 Å². The first-order valence-corrected chi connectivity index (χ1v) is 8.45. The van der Waals surface area contributed by atoms with Crippen LogP contribution in [-0.4, -0.2) is 46.1 Å². The van der Waals surface area contributed by atoms with Crippen molar-refractivity contribution in [2.75, 3.05) is 6.54 Å². The molecule has 7 nitrogen and oxygen atoms in total. The molecule has 7 heteroatoms. The number of rotatable bonds is 5. The van der Waals surface area contributed by atoms with Crippen molar-refractivity contribution < 1.29 is 29.3 Å². The minimum absolute atomic E-state index is 0.177. The molecule has 0 spiro atoms. The summed E-state index contributed by atoms with van der Waals surface area (Å²) in [5, 5.41) is 22.6. The van der Waals surface area contributed by atoms with Crippen LogP contribution in [0.1, 0.15) is 63.6 Å². The molecular weight excluding hydrogens is 338 g/mol. The minimum Gasteiger partial charge on any atom is -0.456 e. The Kier molecular flexibility index (Phi) is 7.17. The van der Waals surface area contributed by atoms with E-state index in [-0.39, 0.29) is 6.54 Å². The largest absolute Gasteiger partial charge is 0.456 e. The van der Waals surface area contributed by atoms with E-state index in [4.69, 9.17) is 9.47 Å². The number of alkyl carbamates (subject to hydrolysis) is 1. The Labute approximate surface area is 154 Å². The number of amides is 1. The lowest BCUT2D eigenvalue weighted by Gasteiger charge is -2.22. The Morgan fingerprint density at radius 1 is 0.962 bits per heavy atom. The van der Waals surface area contributed by atoms with Crippen molar-refractivity contribution in [1.82, 2.24) is 5.32 Å². The fourth-order valence-electron chi connectivity index (χ4n) is 1.99. The molecule has 2 atom stereocenters. The number of carbonyl (C=O) groups excluding carboxylic acids is 2. The van der Waals surface area contributed by atoms with Crippen molar-refractivity contribution >= 4 is 12.1 Å². The highest BCUT2D eigenvalue weighted by atomic mass is 16.6. The highest BCUT2D eigenvalue weighted by Crippen LogP contribution is 2.19. The molecule has 0 aliphatic rings. The summed E-state index contributed by atoms with van der Waals surface area (Å²) in [5.74, 6) is -0.467. The third-order valence-electron chi connectivity index (χ3n) is 3.11. The van der Waals surface area contributed by atoms with E-state index in [1.807, 2.05) is 0 Å². The molecule has 0 saturated heterocycles. The summed E-state index contributed by atoms with van der Waals surface area (Å²) >= 11 is 0. The van der Waals surface area contributed by atoms with Gasteiger partial charge in [-0.25, -0.2) is 9.59 Å². The van der Waals surface area contributed by atoms with E-state index in [2.05, 4.69) is 5.32 Å². The van der Waals surface area contributed by atoms with Gasteiger partial charge in [0.15, 0.2) is 0 Å². The number of hydrogen-bond donors (Lipinski definition) is 3. The molecule has 0 bridgehead atoms. The molecule has 0 saturated carbocycles. The van der Waals surface area contributed by atoms with Gasteiger partial charge < -0.3 is 25.0 Å². The molecule has 0 fully saturated rings. The first-order valence-electron chi connectivity index (χ1n) is 8.45. The van der Waals surface area contributed by atoms with E-state index < -0.39 is 35.5 Å². The quantitative estimate of drug-likeness (QED) is 0.691. The van der Waals surface area contributed by atoms with Crippen LogP contribution < -0.4 is 5.32 Å². The summed E-state index contributed by atoms with van der Waals surface area (Å²) in [6.45, 7) is 10.3. The summed E-state index contributed by atoms with van der Waals surface area (Å²) in [6.07, 6.45) is -3.13. The fourth-order valence-corrected chi connectivity index (χ4v) is 1.99. The van der Waals surface area contributed by atoms with E-state index >= 15 is 0 Å². The number of carbonyl (C=O) groups is 2. The van der Waals surface area contributed by atoms with Gasteiger partial charge in [0, 0.05) is 6.54 Å². The Balaban J connectivity index is 2.62. The zero-order valence-electron chi connectivity index (χ0n) is 16.2. The second-order valence-corrected chi connectivity index (χ2v) is 8.02. The van der Waals surface area contributed by atoms with Gasteiger partial charge in [-0.15, -0.1) is 0 Å². The molecule has 0 heterocycles. The van der Waals surface area contributed by atoms with Crippen LogP contribution in [0.4, 0.5) is 4.79 Å². The zero-order chi connectivity index (χ0) is 20.1. The van der Waals surface area contributed by atoms with Gasteiger partial charge in [0.25, 0.3) is 0 Å². The van der Waals surface area contributed by atoms with Crippen molar-refractivity contribution in [1.29, 1.82) is 0 Å². The van der Waals surface area contributed by atoms with Gasteiger partial charge in [0.1, 0.15) is 23.4 Å². The summed E-state index contributed by atoms with van der Waals surface area (Å²) in [4.78, 5) is 23.5. The second-order valence-electron chi connectivity index (χ2n) is 8.02. The van der Waals surface area contributed by atoms with Crippen LogP contribution in [0, 0.1) is 0 Å². The number of hydrogen-bond acceptors (Lipinski definition) is 6. The van der Waals surface area contributed by atoms with Gasteiger partial charge in [-0.05, 0) is 59.2 Å². The maximum Gasteiger partial charge on any atom is 0.407 e. The molecule has 2 unspecified atom stereocenters. The Morgan fingerprint density at radius 2 is 1.46 bits per heavy atom. The predicted molar refractivity (Wildman–Crippen MR) is 96.8 cm³/mol. The molecule has 0 radical (unpaired) electrons. The SMILES string of the molecule is CC(C)(C)OC(=O)NCC(O)C(O)c1ccc(C(=O)OC(C)(C)C)cc1. The normalized spacial score (nSPS) is 14.3. The molecule has 3 N–H and O–H groups in total. The van der Waals surface area contributed by atoms with Crippen LogP contribution in [0.3, 0.4) is 0 Å². The molecule has 1 rings (SSSR count). The summed E-state index contributed by atoms with van der Waals surface area (Å²) in [7, 11) is 0. The highest BCUT2D eigenvalue weighted by molar-refractivity contribution is 5.89.